The van der Waals surface area contributed by atoms with Crippen molar-refractivity contribution < 1.29 is 14.3 Å². The topological polar surface area (TPSA) is 46.6 Å². The van der Waals surface area contributed by atoms with Crippen LogP contribution in [0.2, 0.25) is 0 Å². The molecule has 156 valence electrons. The minimum absolute atomic E-state index is 0.109. The van der Waals surface area contributed by atoms with Crippen molar-refractivity contribution >= 4 is 44.3 Å². The fourth-order valence-corrected chi connectivity index (χ4v) is 5.30. The second-order valence-corrected chi connectivity index (χ2v) is 9.26. The van der Waals surface area contributed by atoms with Crippen LogP contribution in [0.15, 0.2) is 53.9 Å². The van der Waals surface area contributed by atoms with E-state index >= 15 is 0 Å². The van der Waals surface area contributed by atoms with Gasteiger partial charge in [-0.15, -0.1) is 11.3 Å². The Morgan fingerprint density at radius 1 is 0.933 bits per heavy atom. The summed E-state index contributed by atoms with van der Waals surface area (Å²) >= 11 is 2.70. The molecule has 0 unspecified atom stereocenters. The van der Waals surface area contributed by atoms with Crippen molar-refractivity contribution in [2.75, 3.05) is 12.4 Å². The highest BCUT2D eigenvalue weighted by molar-refractivity contribution is 8.14. The molecule has 30 heavy (non-hydrogen) atoms. The summed E-state index contributed by atoms with van der Waals surface area (Å²) in [6.45, 7) is 1.04. The Bertz CT molecular complexity index is 1000. The molecule has 6 heteroatoms. The average Bonchev–Trinajstić information content (AvgIpc) is 3.38. The molecule has 0 atom stereocenters. The summed E-state index contributed by atoms with van der Waals surface area (Å²) in [5.74, 6) is 1.02. The van der Waals surface area contributed by atoms with Crippen molar-refractivity contribution in [1.29, 1.82) is 0 Å². The molecule has 3 aromatic rings. The predicted molar refractivity (Wildman–Crippen MR) is 124 cm³/mol. The molecule has 0 N–H and O–H groups in total. The fourth-order valence-electron chi connectivity index (χ4n) is 3.66. The maximum atomic E-state index is 11.9. The minimum atomic E-state index is -0.155. The molecule has 0 saturated carbocycles. The highest BCUT2D eigenvalue weighted by Gasteiger charge is 2.30. The molecule has 0 radical (unpaired) electrons. The van der Waals surface area contributed by atoms with E-state index in [1.54, 1.807) is 11.3 Å². The van der Waals surface area contributed by atoms with Crippen LogP contribution in [-0.2, 0) is 17.8 Å². The normalized spacial score (nSPS) is 14.1. The lowest BCUT2D eigenvalue weighted by Gasteiger charge is -2.15. The van der Waals surface area contributed by atoms with Crippen molar-refractivity contribution in [1.82, 2.24) is 4.90 Å². The smallest absolute Gasteiger partial charge is 0.289 e. The Labute approximate surface area is 185 Å². The number of carbonyl (C=O) groups excluding carboxylic acids is 2. The van der Waals surface area contributed by atoms with Gasteiger partial charge in [-0.25, -0.2) is 0 Å². The lowest BCUT2D eigenvalue weighted by molar-refractivity contribution is -0.124. The van der Waals surface area contributed by atoms with E-state index in [-0.39, 0.29) is 16.9 Å². The van der Waals surface area contributed by atoms with E-state index in [1.165, 1.54) is 23.3 Å². The first kappa shape index (κ1) is 20.9. The first-order chi connectivity index (χ1) is 14.7. The highest BCUT2D eigenvalue weighted by atomic mass is 32.2. The summed E-state index contributed by atoms with van der Waals surface area (Å²) in [7, 11) is 0. The third kappa shape index (κ3) is 5.05. The Morgan fingerprint density at radius 2 is 1.77 bits per heavy atom. The van der Waals surface area contributed by atoms with E-state index < -0.39 is 0 Å². The number of hydrogen-bond acceptors (Lipinski definition) is 5. The lowest BCUT2D eigenvalue weighted by Crippen LogP contribution is -2.27. The maximum absolute atomic E-state index is 11.9. The van der Waals surface area contributed by atoms with Gasteiger partial charge in [-0.2, -0.15) is 0 Å². The van der Waals surface area contributed by atoms with Crippen LogP contribution in [0.4, 0.5) is 4.79 Å². The molecule has 1 aliphatic rings. The molecule has 2 amide bonds. The first-order valence-electron chi connectivity index (χ1n) is 10.4. The van der Waals surface area contributed by atoms with Crippen LogP contribution in [0.25, 0.3) is 10.1 Å². The summed E-state index contributed by atoms with van der Waals surface area (Å²) < 4.78 is 7.16. The zero-order valence-corrected chi connectivity index (χ0v) is 18.5. The van der Waals surface area contributed by atoms with Gasteiger partial charge in [-0.3, -0.25) is 14.5 Å². The zero-order chi connectivity index (χ0) is 20.8. The minimum Gasteiger partial charge on any atom is -0.493 e. The summed E-state index contributed by atoms with van der Waals surface area (Å²) in [6.07, 6.45) is 5.75. The Morgan fingerprint density at radius 3 is 2.57 bits per heavy atom. The Hall–Kier alpha value is -2.31. The number of ether oxygens (including phenoxy) is 1. The van der Waals surface area contributed by atoms with Gasteiger partial charge >= 0.3 is 0 Å². The van der Waals surface area contributed by atoms with E-state index in [9.17, 15) is 9.59 Å². The van der Waals surface area contributed by atoms with Crippen molar-refractivity contribution in [2.45, 2.75) is 38.6 Å². The average molecular weight is 440 g/mol. The molecule has 0 aliphatic carbocycles. The van der Waals surface area contributed by atoms with E-state index in [0.29, 0.717) is 13.2 Å². The number of unbranched alkanes of at least 4 members (excludes halogenated alkanes) is 3. The van der Waals surface area contributed by atoms with Gasteiger partial charge in [0.2, 0.25) is 5.91 Å². The second kappa shape index (κ2) is 10.1. The van der Waals surface area contributed by atoms with E-state index in [2.05, 4.69) is 36.4 Å². The number of nitrogens with zero attached hydrogens (tertiary/aromatic N) is 1. The molecule has 4 nitrogen and oxygen atoms in total. The van der Waals surface area contributed by atoms with Gasteiger partial charge in [0.1, 0.15) is 5.75 Å². The summed E-state index contributed by atoms with van der Waals surface area (Å²) in [5.41, 5.74) is 2.40. The van der Waals surface area contributed by atoms with E-state index in [1.807, 2.05) is 17.5 Å². The molecule has 1 fully saturated rings. The zero-order valence-electron chi connectivity index (χ0n) is 16.8. The summed E-state index contributed by atoms with van der Waals surface area (Å²) in [4.78, 5) is 25.2. The SMILES string of the molecule is O=C1CSC(=O)N1Cc1ccc(OCCCCCCc2ccccc2)c2ccsc12. The number of hydrogen-bond donors (Lipinski definition) is 0. The van der Waals surface area contributed by atoms with Crippen LogP contribution >= 0.6 is 23.1 Å². The number of aryl methyl sites for hydroxylation is 1. The number of amides is 2. The van der Waals surface area contributed by atoms with Gasteiger partial charge in [0.25, 0.3) is 5.24 Å². The summed E-state index contributed by atoms with van der Waals surface area (Å²) in [6, 6.07) is 16.6. The van der Waals surface area contributed by atoms with Crippen molar-refractivity contribution in [3.05, 3.63) is 65.0 Å². The van der Waals surface area contributed by atoms with Crippen LogP contribution < -0.4 is 4.74 Å². The number of imide groups is 1. The molecule has 4 rings (SSSR count). The van der Waals surface area contributed by atoms with Gasteiger partial charge < -0.3 is 4.74 Å². The number of carbonyl (C=O) groups is 2. The highest BCUT2D eigenvalue weighted by Crippen LogP contribution is 2.34. The van der Waals surface area contributed by atoms with Gasteiger partial charge in [0.05, 0.1) is 18.9 Å². The van der Waals surface area contributed by atoms with Gasteiger partial charge in [-0.05, 0) is 47.9 Å². The molecule has 2 aromatic carbocycles. The fraction of sp³-hybridized carbons (Fsp3) is 0.333. The van der Waals surface area contributed by atoms with Crippen LogP contribution in [0.5, 0.6) is 5.75 Å². The van der Waals surface area contributed by atoms with Crippen molar-refractivity contribution in [3.8, 4) is 5.75 Å². The number of rotatable bonds is 10. The Kier molecular flexibility index (Phi) is 7.07. The molecular weight excluding hydrogens is 414 g/mol. The van der Waals surface area contributed by atoms with Crippen LogP contribution in [-0.4, -0.2) is 28.4 Å². The number of thioether (sulfide) groups is 1. The first-order valence-corrected chi connectivity index (χ1v) is 12.2. The second-order valence-electron chi connectivity index (χ2n) is 7.42. The molecule has 1 aliphatic heterocycles. The standard InChI is InChI=1S/C24H25NO3S2/c26-22-17-30-24(27)25(22)16-19-11-12-21(20-13-15-29-23(19)20)28-14-7-2-1-4-8-18-9-5-3-6-10-18/h3,5-6,9-13,15H,1-2,4,7-8,14,16-17H2. The largest absolute Gasteiger partial charge is 0.493 e. The third-order valence-corrected chi connectivity index (χ3v) is 7.14. The number of fused-ring (bicyclic) bond motifs is 1. The quantitative estimate of drug-likeness (QED) is 0.349. The van der Waals surface area contributed by atoms with E-state index in [0.717, 1.165) is 52.4 Å². The van der Waals surface area contributed by atoms with Gasteiger partial charge in [-0.1, -0.05) is 61.0 Å². The van der Waals surface area contributed by atoms with E-state index in [4.69, 9.17) is 4.74 Å². The summed E-state index contributed by atoms with van der Waals surface area (Å²) in [5, 5.41) is 2.94. The van der Waals surface area contributed by atoms with Crippen LogP contribution in [0.3, 0.4) is 0 Å². The maximum Gasteiger partial charge on any atom is 0.289 e. The van der Waals surface area contributed by atoms with Crippen molar-refractivity contribution in [3.63, 3.8) is 0 Å². The molecule has 0 bridgehead atoms. The molecule has 0 spiro atoms. The van der Waals surface area contributed by atoms with Gasteiger partial charge in [0.15, 0.2) is 0 Å². The molecule has 2 heterocycles. The van der Waals surface area contributed by atoms with Gasteiger partial charge in [0, 0.05) is 10.1 Å². The number of benzene rings is 2. The van der Waals surface area contributed by atoms with Crippen molar-refractivity contribution in [2.24, 2.45) is 0 Å². The predicted octanol–water partition coefficient (Wildman–Crippen LogP) is 6.28. The lowest BCUT2D eigenvalue weighted by atomic mass is 10.1. The van der Waals surface area contributed by atoms with Crippen LogP contribution in [0.1, 0.15) is 36.8 Å². The monoisotopic (exact) mass is 439 g/mol. The molecular formula is C24H25NO3S2. The molecule has 1 aromatic heterocycles. The third-order valence-electron chi connectivity index (χ3n) is 5.29. The van der Waals surface area contributed by atoms with Crippen LogP contribution in [0, 0.1) is 0 Å². The Balaban J connectivity index is 1.26. The number of thiophene rings is 1. The molecule has 1 saturated heterocycles.